The molecule has 0 aliphatic rings. The zero-order valence-corrected chi connectivity index (χ0v) is 13.9. The van der Waals surface area contributed by atoms with Crippen molar-refractivity contribution in [1.82, 2.24) is 10.2 Å². The molecule has 1 heterocycles. The van der Waals surface area contributed by atoms with E-state index in [2.05, 4.69) is 15.5 Å². The fourth-order valence-corrected chi connectivity index (χ4v) is 2.56. The van der Waals surface area contributed by atoms with E-state index in [1.54, 1.807) is 0 Å². The minimum absolute atomic E-state index is 0.0502. The third-order valence-corrected chi connectivity index (χ3v) is 3.90. The molecule has 0 spiro atoms. The topological polar surface area (TPSA) is 68.0 Å². The molecular formula is C16H8F5N3O2S. The van der Waals surface area contributed by atoms with Crippen LogP contribution in [-0.2, 0) is 0 Å². The first-order chi connectivity index (χ1) is 12.7. The predicted molar refractivity (Wildman–Crippen MR) is 86.0 cm³/mol. The highest BCUT2D eigenvalue weighted by Gasteiger charge is 2.29. The molecule has 5 nitrogen and oxygen atoms in total. The van der Waals surface area contributed by atoms with E-state index in [1.165, 1.54) is 12.1 Å². The van der Waals surface area contributed by atoms with Gasteiger partial charge in [0, 0.05) is 16.5 Å². The number of alkyl halides is 3. The van der Waals surface area contributed by atoms with Crippen LogP contribution in [0.1, 0.15) is 10.4 Å². The molecule has 2 aromatic carbocycles. The van der Waals surface area contributed by atoms with Crippen LogP contribution in [0.25, 0.3) is 11.5 Å². The van der Waals surface area contributed by atoms with Gasteiger partial charge in [0.15, 0.2) is 0 Å². The maximum Gasteiger partial charge on any atom is 0.446 e. The number of amides is 1. The summed E-state index contributed by atoms with van der Waals surface area (Å²) in [5, 5.41) is 9.32. The molecule has 0 aliphatic carbocycles. The van der Waals surface area contributed by atoms with Crippen LogP contribution < -0.4 is 5.32 Å². The molecule has 0 saturated carbocycles. The van der Waals surface area contributed by atoms with Crippen LogP contribution in [0.3, 0.4) is 0 Å². The number of rotatable bonds is 4. The summed E-state index contributed by atoms with van der Waals surface area (Å²) in [5.41, 5.74) is -4.54. The number of carbonyl (C=O) groups is 1. The lowest BCUT2D eigenvalue weighted by atomic mass is 10.2. The number of hydrogen-bond acceptors (Lipinski definition) is 5. The Morgan fingerprint density at radius 2 is 1.74 bits per heavy atom. The highest BCUT2D eigenvalue weighted by Crippen LogP contribution is 2.36. The Morgan fingerprint density at radius 3 is 2.37 bits per heavy atom. The van der Waals surface area contributed by atoms with Crippen LogP contribution in [-0.4, -0.2) is 21.6 Å². The number of benzene rings is 2. The van der Waals surface area contributed by atoms with Crippen molar-refractivity contribution < 1.29 is 31.2 Å². The molecule has 0 aliphatic heterocycles. The second-order valence-corrected chi connectivity index (χ2v) is 6.20. The number of hydrogen-bond donors (Lipinski definition) is 1. The van der Waals surface area contributed by atoms with Gasteiger partial charge in [-0.2, -0.15) is 13.2 Å². The minimum atomic E-state index is -4.43. The van der Waals surface area contributed by atoms with Crippen LogP contribution in [0.4, 0.5) is 28.0 Å². The standard InChI is InChI=1S/C16H8F5N3O2S/c17-9-3-6-11(12(18)7-9)14-23-24-15(26-14)22-13(25)8-1-4-10(5-2-8)27-16(19,20)21/h1-7H,(H,22,24,25). The van der Waals surface area contributed by atoms with Gasteiger partial charge in [-0.1, -0.05) is 5.10 Å². The van der Waals surface area contributed by atoms with E-state index in [-0.39, 0.29) is 39.7 Å². The zero-order chi connectivity index (χ0) is 19.6. The molecule has 3 rings (SSSR count). The van der Waals surface area contributed by atoms with Gasteiger partial charge >= 0.3 is 11.5 Å². The monoisotopic (exact) mass is 401 g/mol. The molecule has 1 N–H and O–H groups in total. The SMILES string of the molecule is O=C(Nc1nnc(-c2ccc(F)cc2F)o1)c1ccc(SC(F)(F)F)cc1. The highest BCUT2D eigenvalue weighted by atomic mass is 32.2. The molecule has 0 fully saturated rings. The summed E-state index contributed by atoms with van der Waals surface area (Å²) in [7, 11) is 0. The zero-order valence-electron chi connectivity index (χ0n) is 13.1. The fraction of sp³-hybridized carbons (Fsp3) is 0.0625. The maximum atomic E-state index is 13.7. The van der Waals surface area contributed by atoms with Crippen LogP contribution in [0.2, 0.25) is 0 Å². The quantitative estimate of drug-likeness (QED) is 0.499. The van der Waals surface area contributed by atoms with Crippen molar-refractivity contribution in [3.8, 4) is 11.5 Å². The second kappa shape index (κ2) is 7.35. The van der Waals surface area contributed by atoms with Crippen molar-refractivity contribution in [2.24, 2.45) is 0 Å². The summed E-state index contributed by atoms with van der Waals surface area (Å²) in [6.07, 6.45) is 0. The second-order valence-electron chi connectivity index (χ2n) is 5.06. The largest absolute Gasteiger partial charge is 0.446 e. The molecule has 0 radical (unpaired) electrons. The molecule has 0 unspecified atom stereocenters. The lowest BCUT2D eigenvalue weighted by Crippen LogP contribution is -2.12. The van der Waals surface area contributed by atoms with Crippen molar-refractivity contribution in [3.63, 3.8) is 0 Å². The number of carbonyl (C=O) groups excluding carboxylic acids is 1. The molecule has 0 atom stereocenters. The summed E-state index contributed by atoms with van der Waals surface area (Å²) in [6, 6.07) is 7.05. The van der Waals surface area contributed by atoms with E-state index < -0.39 is 23.0 Å². The fourth-order valence-electron chi connectivity index (χ4n) is 2.02. The molecule has 140 valence electrons. The van der Waals surface area contributed by atoms with E-state index in [4.69, 9.17) is 4.42 Å². The van der Waals surface area contributed by atoms with Gasteiger partial charge in [-0.25, -0.2) is 8.78 Å². The van der Waals surface area contributed by atoms with Gasteiger partial charge < -0.3 is 4.42 Å². The Morgan fingerprint density at radius 1 is 1.04 bits per heavy atom. The Kier molecular flexibility index (Phi) is 5.13. The summed E-state index contributed by atoms with van der Waals surface area (Å²) in [4.78, 5) is 12.0. The first-order valence-corrected chi connectivity index (χ1v) is 7.99. The van der Waals surface area contributed by atoms with Crippen molar-refractivity contribution in [2.45, 2.75) is 10.4 Å². The average Bonchev–Trinajstić information content (AvgIpc) is 3.02. The van der Waals surface area contributed by atoms with Gasteiger partial charge in [0.05, 0.1) is 5.56 Å². The Bertz CT molecular complexity index is 973. The molecule has 1 aromatic heterocycles. The lowest BCUT2D eigenvalue weighted by Gasteiger charge is -2.06. The number of thioether (sulfide) groups is 1. The summed E-state index contributed by atoms with van der Waals surface area (Å²) in [6.45, 7) is 0. The Labute approximate surface area is 152 Å². The van der Waals surface area contributed by atoms with Gasteiger partial charge in [-0.15, -0.1) is 5.10 Å². The van der Waals surface area contributed by atoms with Crippen LogP contribution in [0.5, 0.6) is 0 Å². The number of anilines is 1. The van der Waals surface area contributed by atoms with Gasteiger partial charge in [-0.3, -0.25) is 10.1 Å². The molecule has 1 amide bonds. The van der Waals surface area contributed by atoms with E-state index in [0.717, 1.165) is 24.3 Å². The van der Waals surface area contributed by atoms with E-state index in [1.807, 2.05) is 0 Å². The molecule has 0 bridgehead atoms. The molecular weight excluding hydrogens is 393 g/mol. The number of aromatic nitrogens is 2. The lowest BCUT2D eigenvalue weighted by molar-refractivity contribution is -0.0328. The van der Waals surface area contributed by atoms with E-state index >= 15 is 0 Å². The summed E-state index contributed by atoms with van der Waals surface area (Å²) < 4.78 is 68.6. The van der Waals surface area contributed by atoms with Crippen molar-refractivity contribution >= 4 is 23.7 Å². The normalized spacial score (nSPS) is 11.4. The predicted octanol–water partition coefficient (Wildman–Crippen LogP) is 4.88. The smallest absolute Gasteiger partial charge is 0.403 e. The number of nitrogens with zero attached hydrogens (tertiary/aromatic N) is 2. The number of nitrogens with one attached hydrogen (secondary N) is 1. The molecule has 27 heavy (non-hydrogen) atoms. The summed E-state index contributed by atoms with van der Waals surface area (Å²) in [5.74, 6) is -2.70. The molecule has 11 heteroatoms. The van der Waals surface area contributed by atoms with Gasteiger partial charge in [0.2, 0.25) is 0 Å². The minimum Gasteiger partial charge on any atom is -0.403 e. The van der Waals surface area contributed by atoms with Crippen molar-refractivity contribution in [3.05, 3.63) is 59.7 Å². The first kappa shape index (κ1) is 18.8. The number of halogens is 5. The third kappa shape index (κ3) is 4.82. The van der Waals surface area contributed by atoms with Crippen molar-refractivity contribution in [1.29, 1.82) is 0 Å². The van der Waals surface area contributed by atoms with Gasteiger partial charge in [-0.05, 0) is 48.2 Å². The van der Waals surface area contributed by atoms with Crippen molar-refractivity contribution in [2.75, 3.05) is 5.32 Å². The molecule has 0 saturated heterocycles. The Balaban J connectivity index is 1.71. The molecule has 3 aromatic rings. The first-order valence-electron chi connectivity index (χ1n) is 7.17. The van der Waals surface area contributed by atoms with Crippen LogP contribution >= 0.6 is 11.8 Å². The Hall–Kier alpha value is -2.95. The van der Waals surface area contributed by atoms with E-state index in [9.17, 15) is 26.7 Å². The average molecular weight is 401 g/mol. The third-order valence-electron chi connectivity index (χ3n) is 3.16. The van der Waals surface area contributed by atoms with Gasteiger partial charge in [0.25, 0.3) is 11.8 Å². The highest BCUT2D eigenvalue weighted by molar-refractivity contribution is 8.00. The summed E-state index contributed by atoms with van der Waals surface area (Å²) >= 11 is -0.306. The van der Waals surface area contributed by atoms with Crippen LogP contribution in [0, 0.1) is 11.6 Å². The van der Waals surface area contributed by atoms with Crippen LogP contribution in [0.15, 0.2) is 51.8 Å². The van der Waals surface area contributed by atoms with Gasteiger partial charge in [0.1, 0.15) is 11.6 Å². The maximum absolute atomic E-state index is 13.7. The van der Waals surface area contributed by atoms with E-state index in [0.29, 0.717) is 6.07 Å².